The second-order valence-electron chi connectivity index (χ2n) is 3.39. The molecule has 0 radical (unpaired) electrons. The zero-order valence-corrected chi connectivity index (χ0v) is 8.90. The molecule has 1 heterocycles. The molecule has 0 atom stereocenters. The summed E-state index contributed by atoms with van der Waals surface area (Å²) in [6, 6.07) is 4.89. The third-order valence-corrected chi connectivity index (χ3v) is 2.06. The highest BCUT2D eigenvalue weighted by Gasteiger charge is 2.06. The molecule has 2 aromatic rings. The molecular formula is C11H12N2O3. The summed E-state index contributed by atoms with van der Waals surface area (Å²) < 4.78 is 10.1. The maximum absolute atomic E-state index is 11.6. The van der Waals surface area contributed by atoms with Gasteiger partial charge in [-0.3, -0.25) is 0 Å². The molecule has 0 saturated heterocycles. The fraction of sp³-hybridized carbons (Fsp3) is 0.273. The first-order valence-electron chi connectivity index (χ1n) is 5.04. The normalized spacial score (nSPS) is 10.6. The Morgan fingerprint density at radius 3 is 3.06 bits per heavy atom. The van der Waals surface area contributed by atoms with Crippen LogP contribution in [0, 0.1) is 0 Å². The Morgan fingerprint density at radius 2 is 2.31 bits per heavy atom. The summed E-state index contributed by atoms with van der Waals surface area (Å²) in [6.07, 6.45) is 0.828. The number of fused-ring (bicyclic) bond motifs is 1. The van der Waals surface area contributed by atoms with Gasteiger partial charge in [0.15, 0.2) is 0 Å². The van der Waals surface area contributed by atoms with E-state index in [0.717, 1.165) is 6.42 Å². The summed E-state index contributed by atoms with van der Waals surface area (Å²) in [6.45, 7) is 2.43. The van der Waals surface area contributed by atoms with Gasteiger partial charge in [0.25, 0.3) is 0 Å². The van der Waals surface area contributed by atoms with Gasteiger partial charge in [0.2, 0.25) is 0 Å². The lowest BCUT2D eigenvalue weighted by Crippen LogP contribution is -2.06. The highest BCUT2D eigenvalue weighted by Crippen LogP contribution is 2.15. The number of nitrogens with two attached hydrogens (primary N) is 1. The maximum Gasteiger partial charge on any atom is 0.397 e. The van der Waals surface area contributed by atoms with Crippen LogP contribution < -0.4 is 16.1 Å². The lowest BCUT2D eigenvalue weighted by molar-refractivity contribution is 0.217. The van der Waals surface area contributed by atoms with E-state index in [-0.39, 0.29) is 6.08 Å². The van der Waals surface area contributed by atoms with Gasteiger partial charge in [0.1, 0.15) is 0 Å². The molecule has 0 aliphatic heterocycles. The first-order chi connectivity index (χ1) is 7.70. The van der Waals surface area contributed by atoms with Gasteiger partial charge in [-0.2, -0.15) is 4.98 Å². The van der Waals surface area contributed by atoms with Crippen molar-refractivity contribution >= 4 is 16.6 Å². The third kappa shape index (κ3) is 1.98. The van der Waals surface area contributed by atoms with Gasteiger partial charge >= 0.3 is 11.7 Å². The summed E-state index contributed by atoms with van der Waals surface area (Å²) in [5.41, 5.74) is 6.12. The first kappa shape index (κ1) is 10.5. The lowest BCUT2D eigenvalue weighted by atomic mass is 10.2. The van der Waals surface area contributed by atoms with Crippen molar-refractivity contribution in [2.45, 2.75) is 13.3 Å². The van der Waals surface area contributed by atoms with E-state index in [1.165, 1.54) is 6.07 Å². The van der Waals surface area contributed by atoms with Crippen LogP contribution in [0.4, 0.5) is 5.69 Å². The predicted molar refractivity (Wildman–Crippen MR) is 60.5 cm³/mol. The Hall–Kier alpha value is -2.04. The van der Waals surface area contributed by atoms with Crippen molar-refractivity contribution in [2.75, 3.05) is 12.3 Å². The molecule has 84 valence electrons. The number of nitrogen functional groups attached to an aromatic ring is 1. The van der Waals surface area contributed by atoms with Crippen LogP contribution in [0.5, 0.6) is 6.08 Å². The van der Waals surface area contributed by atoms with Crippen LogP contribution in [0.2, 0.25) is 0 Å². The molecule has 5 heteroatoms. The van der Waals surface area contributed by atoms with E-state index in [1.54, 1.807) is 12.1 Å². The second-order valence-corrected chi connectivity index (χ2v) is 3.39. The summed E-state index contributed by atoms with van der Waals surface area (Å²) in [5, 5.41) is 0.365. The smallest absolute Gasteiger partial charge is 0.397 e. The number of aromatic nitrogens is 1. The number of ether oxygens (including phenoxy) is 1. The van der Waals surface area contributed by atoms with Crippen molar-refractivity contribution < 1.29 is 9.15 Å². The summed E-state index contributed by atoms with van der Waals surface area (Å²) >= 11 is 0. The summed E-state index contributed by atoms with van der Waals surface area (Å²) in [5.74, 6) is 0. The monoisotopic (exact) mass is 220 g/mol. The van der Waals surface area contributed by atoms with E-state index in [1.807, 2.05) is 6.92 Å². The van der Waals surface area contributed by atoms with Gasteiger partial charge in [-0.25, -0.2) is 4.79 Å². The first-order valence-corrected chi connectivity index (χ1v) is 5.04. The molecule has 0 aliphatic carbocycles. The molecule has 2 rings (SSSR count). The SMILES string of the molecule is CCCOc1nc2ccc(N)cc2c(=O)o1. The highest BCUT2D eigenvalue weighted by molar-refractivity contribution is 5.80. The average molecular weight is 220 g/mol. The van der Waals surface area contributed by atoms with Gasteiger partial charge in [0.05, 0.1) is 17.5 Å². The van der Waals surface area contributed by atoms with Crippen LogP contribution in [0.3, 0.4) is 0 Å². The number of nitrogens with zero attached hydrogens (tertiary/aromatic N) is 1. The zero-order valence-electron chi connectivity index (χ0n) is 8.90. The minimum Gasteiger partial charge on any atom is -0.450 e. The number of anilines is 1. The zero-order chi connectivity index (χ0) is 11.5. The lowest BCUT2D eigenvalue weighted by Gasteiger charge is -2.02. The molecule has 0 spiro atoms. The van der Waals surface area contributed by atoms with Crippen molar-refractivity contribution in [1.29, 1.82) is 0 Å². The number of hydrogen-bond acceptors (Lipinski definition) is 5. The van der Waals surface area contributed by atoms with Crippen molar-refractivity contribution in [3.8, 4) is 6.08 Å². The minimum absolute atomic E-state index is 0.00382. The fourth-order valence-electron chi connectivity index (χ4n) is 1.32. The fourth-order valence-corrected chi connectivity index (χ4v) is 1.32. The van der Waals surface area contributed by atoms with Crippen molar-refractivity contribution in [1.82, 2.24) is 4.98 Å². The molecule has 16 heavy (non-hydrogen) atoms. The molecule has 5 nitrogen and oxygen atoms in total. The summed E-state index contributed by atoms with van der Waals surface area (Å²) in [4.78, 5) is 15.6. The molecule has 0 unspecified atom stereocenters. The topological polar surface area (TPSA) is 78.4 Å². The van der Waals surface area contributed by atoms with Crippen LogP contribution in [0.15, 0.2) is 27.4 Å². The predicted octanol–water partition coefficient (Wildman–Crippen LogP) is 1.56. The maximum atomic E-state index is 11.6. The Morgan fingerprint density at radius 1 is 1.50 bits per heavy atom. The molecule has 1 aromatic carbocycles. The van der Waals surface area contributed by atoms with Gasteiger partial charge < -0.3 is 14.9 Å². The second kappa shape index (κ2) is 4.22. The van der Waals surface area contributed by atoms with Crippen molar-refractivity contribution in [3.05, 3.63) is 28.6 Å². The molecule has 1 aromatic heterocycles. The van der Waals surface area contributed by atoms with E-state index in [0.29, 0.717) is 23.2 Å². The Bertz CT molecular complexity index is 563. The van der Waals surface area contributed by atoms with Gasteiger partial charge in [-0.15, -0.1) is 0 Å². The Balaban J connectivity index is 2.51. The van der Waals surface area contributed by atoms with Crippen LogP contribution in [0.25, 0.3) is 10.9 Å². The van der Waals surface area contributed by atoms with Crippen LogP contribution in [-0.2, 0) is 0 Å². The van der Waals surface area contributed by atoms with Gasteiger partial charge in [0, 0.05) is 5.69 Å². The third-order valence-electron chi connectivity index (χ3n) is 2.06. The molecule has 0 fully saturated rings. The molecule has 0 saturated carbocycles. The van der Waals surface area contributed by atoms with Crippen LogP contribution in [-0.4, -0.2) is 11.6 Å². The number of hydrogen-bond donors (Lipinski definition) is 1. The largest absolute Gasteiger partial charge is 0.450 e. The van der Waals surface area contributed by atoms with E-state index in [2.05, 4.69) is 4.98 Å². The van der Waals surface area contributed by atoms with E-state index in [9.17, 15) is 4.79 Å². The standard InChI is InChI=1S/C11H12N2O3/c1-2-5-15-11-13-9-4-3-7(12)6-8(9)10(14)16-11/h3-4,6H,2,5,12H2,1H3. The Labute approximate surface area is 91.8 Å². The van der Waals surface area contributed by atoms with Gasteiger partial charge in [-0.1, -0.05) is 6.92 Å². The van der Waals surface area contributed by atoms with Crippen molar-refractivity contribution in [3.63, 3.8) is 0 Å². The molecule has 2 N–H and O–H groups in total. The number of rotatable bonds is 3. The quantitative estimate of drug-likeness (QED) is 0.794. The average Bonchev–Trinajstić information content (AvgIpc) is 2.27. The molecule has 0 aliphatic rings. The molecule has 0 bridgehead atoms. The van der Waals surface area contributed by atoms with Crippen LogP contribution >= 0.6 is 0 Å². The summed E-state index contributed by atoms with van der Waals surface area (Å²) in [7, 11) is 0. The molecular weight excluding hydrogens is 208 g/mol. The van der Waals surface area contributed by atoms with Crippen molar-refractivity contribution in [2.24, 2.45) is 0 Å². The minimum atomic E-state index is -0.483. The molecule has 0 amide bonds. The van der Waals surface area contributed by atoms with Crippen LogP contribution in [0.1, 0.15) is 13.3 Å². The van der Waals surface area contributed by atoms with E-state index >= 15 is 0 Å². The van der Waals surface area contributed by atoms with Gasteiger partial charge in [-0.05, 0) is 24.6 Å². The Kier molecular flexibility index (Phi) is 2.76. The van der Waals surface area contributed by atoms with E-state index < -0.39 is 5.63 Å². The van der Waals surface area contributed by atoms with E-state index in [4.69, 9.17) is 14.9 Å². The number of benzene rings is 1. The highest BCUT2D eigenvalue weighted by atomic mass is 16.6.